The molecule has 0 radical (unpaired) electrons. The van der Waals surface area contributed by atoms with Crippen LogP contribution in [0, 0.1) is 0 Å². The Morgan fingerprint density at radius 3 is 2.03 bits per heavy atom. The molecule has 0 aromatic heterocycles. The van der Waals surface area contributed by atoms with E-state index in [1.165, 1.54) is 11.1 Å². The molecule has 0 N–H and O–H groups in total. The Bertz CT molecular complexity index is 1010. The topological polar surface area (TPSA) is 40.2 Å². The van der Waals surface area contributed by atoms with E-state index in [4.69, 9.17) is 18.9 Å². The summed E-state index contributed by atoms with van der Waals surface area (Å²) in [5, 5.41) is 0. The van der Waals surface area contributed by atoms with Crippen molar-refractivity contribution < 1.29 is 18.9 Å². The molecule has 4 nitrogen and oxygen atoms in total. The normalized spacial score (nSPS) is 19.1. The predicted octanol–water partition coefficient (Wildman–Crippen LogP) is 6.10. The van der Waals surface area contributed by atoms with Crippen LogP contribution in [0.5, 0.6) is 11.5 Å². The molecule has 0 amide bonds. The smallest absolute Gasteiger partial charge is 0.202 e. The van der Waals surface area contributed by atoms with Gasteiger partial charge >= 0.3 is 0 Å². The van der Waals surface area contributed by atoms with Crippen LogP contribution in [0.4, 0.5) is 0 Å². The van der Waals surface area contributed by atoms with Crippen molar-refractivity contribution in [3.8, 4) is 11.5 Å². The van der Waals surface area contributed by atoms with Gasteiger partial charge in [0, 0.05) is 11.8 Å². The van der Waals surface area contributed by atoms with Crippen LogP contribution < -0.4 is 9.47 Å². The van der Waals surface area contributed by atoms with Gasteiger partial charge in [0.1, 0.15) is 24.2 Å². The molecule has 2 saturated heterocycles. The first kappa shape index (κ1) is 24.3. The van der Waals surface area contributed by atoms with Crippen LogP contribution in [-0.2, 0) is 34.2 Å². The Morgan fingerprint density at radius 2 is 1.50 bits per heavy atom. The van der Waals surface area contributed by atoms with Crippen LogP contribution in [0.2, 0.25) is 0 Å². The highest BCUT2D eigenvalue weighted by Gasteiger charge is 2.29. The molecule has 4 rings (SSSR count). The summed E-state index contributed by atoms with van der Waals surface area (Å²) in [6, 6.07) is 11.0. The number of rotatable bonds is 13. The third kappa shape index (κ3) is 5.45. The zero-order valence-corrected chi connectivity index (χ0v) is 20.5. The van der Waals surface area contributed by atoms with Gasteiger partial charge in [-0.05, 0) is 53.1 Å². The van der Waals surface area contributed by atoms with Crippen molar-refractivity contribution in [2.45, 2.75) is 57.3 Å². The van der Waals surface area contributed by atoms with E-state index in [0.717, 1.165) is 67.1 Å². The first-order valence-electron chi connectivity index (χ1n) is 12.1. The first-order valence-corrected chi connectivity index (χ1v) is 12.1. The van der Waals surface area contributed by atoms with Crippen molar-refractivity contribution in [3.05, 3.63) is 96.1 Å². The molecule has 2 aromatic carbocycles. The Kier molecular flexibility index (Phi) is 7.60. The number of epoxide rings is 1. The van der Waals surface area contributed by atoms with Gasteiger partial charge in [0.2, 0.25) is 6.29 Å². The highest BCUT2D eigenvalue weighted by atomic mass is 16.7. The third-order valence-corrected chi connectivity index (χ3v) is 6.57. The van der Waals surface area contributed by atoms with Crippen molar-refractivity contribution in [1.82, 2.24) is 0 Å². The second-order valence-corrected chi connectivity index (χ2v) is 9.52. The standard InChI is InChI=1S/C30H36O4/c1-6-9-21-16-24(12-13-27(21)34-28-14-15-31-28)30(4,5)25-17-22(10-7-2)29(23(18-25)11-8-3)33-20-26-19-32-26/h6-8,12-13,16-18,26,28H,1-3,9-11,14-15,19-20H2,4-5H3. The van der Waals surface area contributed by atoms with Crippen LogP contribution in [0.15, 0.2) is 68.3 Å². The van der Waals surface area contributed by atoms with Crippen molar-refractivity contribution in [2.75, 3.05) is 19.8 Å². The largest absolute Gasteiger partial charge is 0.490 e. The summed E-state index contributed by atoms with van der Waals surface area (Å²) in [6.45, 7) is 18.5. The maximum Gasteiger partial charge on any atom is 0.202 e. The Hall–Kier alpha value is -2.82. The lowest BCUT2D eigenvalue weighted by atomic mass is 9.76. The number of benzene rings is 2. The van der Waals surface area contributed by atoms with E-state index < -0.39 is 0 Å². The molecule has 2 unspecified atom stereocenters. The minimum absolute atomic E-state index is 0.140. The lowest BCUT2D eigenvalue weighted by Gasteiger charge is -2.31. The lowest BCUT2D eigenvalue weighted by molar-refractivity contribution is -0.165. The van der Waals surface area contributed by atoms with Gasteiger partial charge in [-0.2, -0.15) is 0 Å². The summed E-state index contributed by atoms with van der Waals surface area (Å²) >= 11 is 0. The molecule has 2 aliphatic heterocycles. The minimum atomic E-state index is -0.231. The predicted molar refractivity (Wildman–Crippen MR) is 137 cm³/mol. The van der Waals surface area contributed by atoms with Crippen molar-refractivity contribution >= 4 is 0 Å². The molecule has 0 bridgehead atoms. The molecule has 34 heavy (non-hydrogen) atoms. The van der Waals surface area contributed by atoms with Gasteiger partial charge in [0.05, 0.1) is 13.2 Å². The highest BCUT2D eigenvalue weighted by molar-refractivity contribution is 5.52. The summed E-state index contributed by atoms with van der Waals surface area (Å²) < 4.78 is 23.1. The Balaban J connectivity index is 1.70. The third-order valence-electron chi connectivity index (χ3n) is 6.57. The monoisotopic (exact) mass is 460 g/mol. The molecular weight excluding hydrogens is 424 g/mol. The molecule has 0 aliphatic carbocycles. The maximum absolute atomic E-state index is 6.23. The van der Waals surface area contributed by atoms with Gasteiger partial charge < -0.3 is 18.9 Å². The number of allylic oxidation sites excluding steroid dienone is 3. The second-order valence-electron chi connectivity index (χ2n) is 9.52. The molecule has 180 valence electrons. The fourth-order valence-corrected chi connectivity index (χ4v) is 4.27. The van der Waals surface area contributed by atoms with E-state index in [1.54, 1.807) is 0 Å². The molecule has 2 heterocycles. The van der Waals surface area contributed by atoms with Gasteiger partial charge in [0.25, 0.3) is 0 Å². The van der Waals surface area contributed by atoms with Gasteiger partial charge in [-0.15, -0.1) is 19.7 Å². The second kappa shape index (κ2) is 10.6. The summed E-state index contributed by atoms with van der Waals surface area (Å²) in [5.41, 5.74) is 5.64. The average Bonchev–Trinajstić information content (AvgIpc) is 3.61. The molecule has 2 atom stereocenters. The van der Waals surface area contributed by atoms with E-state index in [-0.39, 0.29) is 17.8 Å². The van der Waals surface area contributed by atoms with Crippen molar-refractivity contribution in [1.29, 1.82) is 0 Å². The van der Waals surface area contributed by atoms with Crippen LogP contribution in [0.1, 0.15) is 48.1 Å². The molecule has 4 heteroatoms. The summed E-state index contributed by atoms with van der Waals surface area (Å²) in [7, 11) is 0. The molecule has 0 saturated carbocycles. The fourth-order valence-electron chi connectivity index (χ4n) is 4.27. The molecule has 2 aliphatic rings. The molecule has 0 spiro atoms. The molecular formula is C30H36O4. The molecule has 2 fully saturated rings. The molecule has 2 aromatic rings. The first-order chi connectivity index (χ1) is 16.5. The highest BCUT2D eigenvalue weighted by Crippen LogP contribution is 2.39. The lowest BCUT2D eigenvalue weighted by Crippen LogP contribution is -2.32. The van der Waals surface area contributed by atoms with Crippen molar-refractivity contribution in [3.63, 3.8) is 0 Å². The van der Waals surface area contributed by atoms with Crippen LogP contribution >= 0.6 is 0 Å². The number of hydrogen-bond acceptors (Lipinski definition) is 4. The van der Waals surface area contributed by atoms with Gasteiger partial charge in [-0.3, -0.25) is 0 Å². The van der Waals surface area contributed by atoms with E-state index in [9.17, 15) is 0 Å². The zero-order chi connectivity index (χ0) is 24.1. The van der Waals surface area contributed by atoms with Gasteiger partial charge in [-0.1, -0.05) is 56.3 Å². The van der Waals surface area contributed by atoms with Gasteiger partial charge in [0.15, 0.2) is 0 Å². The fraction of sp³-hybridized carbons (Fsp3) is 0.400. The number of ether oxygens (including phenoxy) is 4. The van der Waals surface area contributed by atoms with Crippen LogP contribution in [0.3, 0.4) is 0 Å². The quantitative estimate of drug-likeness (QED) is 0.267. The van der Waals surface area contributed by atoms with E-state index >= 15 is 0 Å². The Labute approximate surface area is 203 Å². The van der Waals surface area contributed by atoms with Crippen LogP contribution in [0.25, 0.3) is 0 Å². The van der Waals surface area contributed by atoms with E-state index in [0.29, 0.717) is 6.61 Å². The Morgan fingerprint density at radius 1 is 0.912 bits per heavy atom. The summed E-state index contributed by atoms with van der Waals surface area (Å²) in [4.78, 5) is 0. The van der Waals surface area contributed by atoms with E-state index in [1.807, 2.05) is 18.2 Å². The SMILES string of the molecule is C=CCc1cc(C(C)(C)c2cc(CC=C)c(OCC3CO3)c(CC=C)c2)ccc1OC1CCO1. The summed E-state index contributed by atoms with van der Waals surface area (Å²) in [5.74, 6) is 1.81. The number of hydrogen-bond donors (Lipinski definition) is 0. The maximum atomic E-state index is 6.23. The minimum Gasteiger partial charge on any atom is -0.490 e. The summed E-state index contributed by atoms with van der Waals surface area (Å²) in [6.07, 6.45) is 9.00. The van der Waals surface area contributed by atoms with Crippen molar-refractivity contribution in [2.24, 2.45) is 0 Å². The van der Waals surface area contributed by atoms with E-state index in [2.05, 4.69) is 63.9 Å². The zero-order valence-electron chi connectivity index (χ0n) is 20.5. The average molecular weight is 461 g/mol. The van der Waals surface area contributed by atoms with Crippen LogP contribution in [-0.4, -0.2) is 32.2 Å². The van der Waals surface area contributed by atoms with Gasteiger partial charge in [-0.25, -0.2) is 0 Å².